The molecular formula is C13H21N3O3S. The largest absolute Gasteiger partial charge is 0.334 e. The second kappa shape index (κ2) is 5.65. The minimum Gasteiger partial charge on any atom is -0.334 e. The molecule has 1 aromatic heterocycles. The summed E-state index contributed by atoms with van der Waals surface area (Å²) in [4.78, 5) is 15.6. The Morgan fingerprint density at radius 1 is 1.50 bits per heavy atom. The molecule has 7 heteroatoms. The summed E-state index contributed by atoms with van der Waals surface area (Å²) in [5.74, 6) is 0.555. The van der Waals surface area contributed by atoms with Gasteiger partial charge in [-0.15, -0.1) is 0 Å². The van der Waals surface area contributed by atoms with Crippen LogP contribution >= 0.6 is 0 Å². The van der Waals surface area contributed by atoms with Crippen LogP contribution in [0.15, 0.2) is 11.2 Å². The summed E-state index contributed by atoms with van der Waals surface area (Å²) in [5.41, 5.74) is 0. The molecule has 1 aliphatic rings. The van der Waals surface area contributed by atoms with Gasteiger partial charge in [0.1, 0.15) is 11.6 Å². The summed E-state index contributed by atoms with van der Waals surface area (Å²) in [6.45, 7) is 6.68. The Hall–Kier alpha value is -1.21. The van der Waals surface area contributed by atoms with E-state index < -0.39 is 10.0 Å². The van der Waals surface area contributed by atoms with E-state index >= 15 is 0 Å². The monoisotopic (exact) mass is 299 g/mol. The van der Waals surface area contributed by atoms with E-state index in [9.17, 15) is 13.2 Å². The van der Waals surface area contributed by atoms with E-state index in [1.165, 1.54) is 11.2 Å². The van der Waals surface area contributed by atoms with Gasteiger partial charge in [0.05, 0.1) is 0 Å². The molecule has 1 aliphatic heterocycles. The van der Waals surface area contributed by atoms with Crippen molar-refractivity contribution in [2.24, 2.45) is 5.92 Å². The van der Waals surface area contributed by atoms with E-state index in [0.29, 0.717) is 18.9 Å². The van der Waals surface area contributed by atoms with E-state index in [4.69, 9.17) is 0 Å². The number of aryl methyl sites for hydroxylation is 2. The second-order valence-corrected chi connectivity index (χ2v) is 7.11. The van der Waals surface area contributed by atoms with Gasteiger partial charge in [0.25, 0.3) is 10.0 Å². The summed E-state index contributed by atoms with van der Waals surface area (Å²) in [7, 11) is -3.59. The van der Waals surface area contributed by atoms with Crippen molar-refractivity contribution >= 4 is 15.8 Å². The van der Waals surface area contributed by atoms with Crippen molar-refractivity contribution < 1.29 is 13.2 Å². The van der Waals surface area contributed by atoms with Gasteiger partial charge in [-0.1, -0.05) is 0 Å². The predicted octanol–water partition coefficient (Wildman–Crippen LogP) is 1.20. The lowest BCUT2D eigenvalue weighted by Crippen LogP contribution is -2.41. The lowest BCUT2D eigenvalue weighted by atomic mass is 9.96. The highest BCUT2D eigenvalue weighted by Gasteiger charge is 2.33. The molecule has 0 bridgehead atoms. The molecule has 1 aromatic rings. The van der Waals surface area contributed by atoms with Gasteiger partial charge in [0, 0.05) is 31.7 Å². The molecule has 0 aromatic carbocycles. The molecule has 20 heavy (non-hydrogen) atoms. The molecule has 0 saturated carbocycles. The van der Waals surface area contributed by atoms with E-state index in [-0.39, 0.29) is 23.3 Å². The quantitative estimate of drug-likeness (QED) is 0.837. The van der Waals surface area contributed by atoms with Crippen molar-refractivity contribution in [3.63, 3.8) is 0 Å². The molecule has 0 aliphatic carbocycles. The Morgan fingerprint density at radius 2 is 2.20 bits per heavy atom. The van der Waals surface area contributed by atoms with Crippen LogP contribution in [0.2, 0.25) is 0 Å². The van der Waals surface area contributed by atoms with Gasteiger partial charge in [0.15, 0.2) is 5.03 Å². The molecule has 6 nitrogen and oxygen atoms in total. The molecule has 2 heterocycles. The fraction of sp³-hybridized carbons (Fsp3) is 0.692. The third-order valence-corrected chi connectivity index (χ3v) is 5.59. The minimum atomic E-state index is -3.59. The molecule has 1 fully saturated rings. The number of Topliss-reactive ketones (excluding diaryl/α,β-unsaturated/α-hetero) is 1. The van der Waals surface area contributed by atoms with Crippen molar-refractivity contribution in [1.29, 1.82) is 0 Å². The summed E-state index contributed by atoms with van der Waals surface area (Å²) < 4.78 is 28.3. The topological polar surface area (TPSA) is 72.3 Å². The first-order valence-corrected chi connectivity index (χ1v) is 8.34. The van der Waals surface area contributed by atoms with Crippen LogP contribution < -0.4 is 0 Å². The number of carbonyl (C=O) groups is 1. The van der Waals surface area contributed by atoms with Gasteiger partial charge in [-0.3, -0.25) is 4.79 Å². The Bertz CT molecular complexity index is 606. The van der Waals surface area contributed by atoms with Crippen molar-refractivity contribution in [3.05, 3.63) is 12.0 Å². The van der Waals surface area contributed by atoms with E-state index in [1.807, 2.05) is 6.92 Å². The number of piperidine rings is 1. The van der Waals surface area contributed by atoms with Gasteiger partial charge in [0.2, 0.25) is 0 Å². The Labute approximate surface area is 119 Å². The molecule has 2 rings (SSSR count). The maximum Gasteiger partial charge on any atom is 0.262 e. The van der Waals surface area contributed by atoms with E-state index in [2.05, 4.69) is 4.98 Å². The highest BCUT2D eigenvalue weighted by atomic mass is 32.2. The third kappa shape index (κ3) is 2.78. The SMILES string of the molecule is CCn1cc(S(=O)(=O)N2CCCC(C(C)=O)C2)nc1C. The molecule has 0 spiro atoms. The zero-order chi connectivity index (χ0) is 14.9. The number of ketones is 1. The molecule has 112 valence electrons. The summed E-state index contributed by atoms with van der Waals surface area (Å²) in [5, 5.41) is 0.0843. The molecular weight excluding hydrogens is 278 g/mol. The van der Waals surface area contributed by atoms with Gasteiger partial charge < -0.3 is 4.57 Å². The van der Waals surface area contributed by atoms with Crippen molar-refractivity contribution in [3.8, 4) is 0 Å². The number of hydrogen-bond acceptors (Lipinski definition) is 4. The van der Waals surface area contributed by atoms with Gasteiger partial charge >= 0.3 is 0 Å². The van der Waals surface area contributed by atoms with Crippen LogP contribution in [0.4, 0.5) is 0 Å². The number of aromatic nitrogens is 2. The number of hydrogen-bond donors (Lipinski definition) is 0. The normalized spacial score (nSPS) is 21.1. The fourth-order valence-electron chi connectivity index (χ4n) is 2.55. The van der Waals surface area contributed by atoms with Crippen LogP contribution in [0.1, 0.15) is 32.5 Å². The standard InChI is InChI=1S/C13H21N3O3S/c1-4-15-9-13(14-11(15)3)20(18,19)16-7-5-6-12(8-16)10(2)17/h9,12H,4-8H2,1-3H3. The molecule has 0 N–H and O–H groups in total. The molecule has 0 radical (unpaired) electrons. The average Bonchev–Trinajstić information content (AvgIpc) is 2.81. The van der Waals surface area contributed by atoms with Crippen LogP contribution in [-0.2, 0) is 21.4 Å². The molecule has 1 atom stereocenters. The first-order chi connectivity index (χ1) is 9.36. The zero-order valence-corrected chi connectivity index (χ0v) is 13.0. The van der Waals surface area contributed by atoms with Crippen LogP contribution in [0.5, 0.6) is 0 Å². The minimum absolute atomic E-state index is 0.0557. The summed E-state index contributed by atoms with van der Waals surface area (Å²) in [6, 6.07) is 0. The van der Waals surface area contributed by atoms with Gasteiger partial charge in [-0.2, -0.15) is 4.31 Å². The highest BCUT2D eigenvalue weighted by Crippen LogP contribution is 2.23. The fourth-order valence-corrected chi connectivity index (χ4v) is 4.07. The van der Waals surface area contributed by atoms with Gasteiger partial charge in [-0.25, -0.2) is 13.4 Å². The van der Waals surface area contributed by atoms with E-state index in [0.717, 1.165) is 12.8 Å². The number of nitrogens with zero attached hydrogens (tertiary/aromatic N) is 3. The molecule has 1 unspecified atom stereocenters. The Morgan fingerprint density at radius 3 is 2.75 bits per heavy atom. The van der Waals surface area contributed by atoms with Crippen molar-refractivity contribution in [1.82, 2.24) is 13.9 Å². The van der Waals surface area contributed by atoms with Gasteiger partial charge in [-0.05, 0) is 33.6 Å². The maximum absolute atomic E-state index is 12.6. The first-order valence-electron chi connectivity index (χ1n) is 6.90. The number of imidazole rings is 1. The van der Waals surface area contributed by atoms with Crippen LogP contribution in [0, 0.1) is 12.8 Å². The van der Waals surface area contributed by atoms with Crippen LogP contribution in [-0.4, -0.2) is 41.1 Å². The Balaban J connectivity index is 2.27. The predicted molar refractivity (Wildman–Crippen MR) is 74.8 cm³/mol. The number of carbonyl (C=O) groups excluding carboxylic acids is 1. The second-order valence-electron chi connectivity index (χ2n) is 5.23. The van der Waals surface area contributed by atoms with Crippen LogP contribution in [0.25, 0.3) is 0 Å². The number of sulfonamides is 1. The third-order valence-electron chi connectivity index (χ3n) is 3.86. The van der Waals surface area contributed by atoms with E-state index in [1.54, 1.807) is 17.7 Å². The lowest BCUT2D eigenvalue weighted by Gasteiger charge is -2.29. The maximum atomic E-state index is 12.6. The number of rotatable bonds is 4. The van der Waals surface area contributed by atoms with Crippen LogP contribution in [0.3, 0.4) is 0 Å². The first kappa shape index (κ1) is 15.2. The average molecular weight is 299 g/mol. The lowest BCUT2D eigenvalue weighted by molar-refractivity contribution is -0.121. The van der Waals surface area contributed by atoms with Crippen molar-refractivity contribution in [2.75, 3.05) is 13.1 Å². The Kier molecular flexibility index (Phi) is 4.29. The van der Waals surface area contributed by atoms with Crippen molar-refractivity contribution in [2.45, 2.75) is 45.2 Å². The summed E-state index contributed by atoms with van der Waals surface area (Å²) in [6.07, 6.45) is 3.06. The molecule has 1 saturated heterocycles. The zero-order valence-electron chi connectivity index (χ0n) is 12.2. The smallest absolute Gasteiger partial charge is 0.262 e. The summed E-state index contributed by atoms with van der Waals surface area (Å²) >= 11 is 0. The molecule has 0 amide bonds. The highest BCUT2D eigenvalue weighted by molar-refractivity contribution is 7.89.